The van der Waals surface area contributed by atoms with E-state index < -0.39 is 5.41 Å². The van der Waals surface area contributed by atoms with Gasteiger partial charge in [0.2, 0.25) is 6.33 Å². The average Bonchev–Trinajstić information content (AvgIpc) is 3.79. The summed E-state index contributed by atoms with van der Waals surface area (Å²) in [5, 5.41) is 2.21. The van der Waals surface area contributed by atoms with Crippen molar-refractivity contribution in [1.29, 1.82) is 0 Å². The van der Waals surface area contributed by atoms with E-state index >= 15 is 0 Å². The summed E-state index contributed by atoms with van der Waals surface area (Å²) in [6, 6.07) is 60.6. The van der Waals surface area contributed by atoms with Gasteiger partial charge in [-0.25, -0.2) is 4.98 Å². The maximum absolute atomic E-state index is 6.97. The van der Waals surface area contributed by atoms with Crippen molar-refractivity contribution in [2.24, 2.45) is 7.05 Å². The molecule has 2 aliphatic rings. The van der Waals surface area contributed by atoms with E-state index in [1.54, 1.807) is 0 Å². The molecule has 0 amide bonds. The van der Waals surface area contributed by atoms with E-state index in [-0.39, 0.29) is 26.5 Å². The van der Waals surface area contributed by atoms with Crippen LogP contribution < -0.4 is 14.0 Å². The van der Waals surface area contributed by atoms with Gasteiger partial charge < -0.3 is 23.2 Å². The van der Waals surface area contributed by atoms with Crippen LogP contribution in [0.2, 0.25) is 0 Å². The molecule has 0 saturated heterocycles. The minimum atomic E-state index is -0.786. The van der Waals surface area contributed by atoms with E-state index in [1.807, 2.05) is 30.5 Å². The second-order valence-corrected chi connectivity index (χ2v) is 16.8. The largest absolute Gasteiger partial charge is 0.510 e. The molecule has 0 aliphatic carbocycles. The molecule has 1 atom stereocenters. The molecule has 5 heterocycles. The quantitative estimate of drug-likeness (QED) is 0.130. The number of pyridine rings is 1. The summed E-state index contributed by atoms with van der Waals surface area (Å²) in [4.78, 5) is 4.72. The molecule has 298 valence electrons. The van der Waals surface area contributed by atoms with E-state index in [4.69, 9.17) is 14.5 Å². The standard InChI is InChI=1S/C54H38N4O2.Pt/c1-53(2,3)41-17-13-21-49-51(41)54(43-30-35(23-28-48(43)60-49)34-14-6-5-7-15-34)40-27-25-37(32-47(40)57-33-56(4)45-20-12-18-42(54)52(45)57)59-36-24-26-39-38-16-8-9-19-44(38)58(46(39)31-36)50-22-10-11-29-55-50;/h5-30H,1-4H3;/q-2;. The van der Waals surface area contributed by atoms with E-state index in [0.29, 0.717) is 11.5 Å². The number of nitrogens with zero attached hydrogens (tertiary/aromatic N) is 4. The first kappa shape index (κ1) is 37.3. The van der Waals surface area contributed by atoms with Crippen molar-refractivity contribution < 1.29 is 35.1 Å². The van der Waals surface area contributed by atoms with Gasteiger partial charge in [-0.15, -0.1) is 35.2 Å². The van der Waals surface area contributed by atoms with Crippen molar-refractivity contribution in [1.82, 2.24) is 14.1 Å². The van der Waals surface area contributed by atoms with E-state index in [1.165, 1.54) is 11.1 Å². The van der Waals surface area contributed by atoms with Gasteiger partial charge in [0, 0.05) is 60.8 Å². The predicted molar refractivity (Wildman–Crippen MR) is 236 cm³/mol. The zero-order valence-electron chi connectivity index (χ0n) is 33.9. The minimum absolute atomic E-state index is 0. The summed E-state index contributed by atoms with van der Waals surface area (Å²) < 4.78 is 20.2. The fourth-order valence-electron chi connectivity index (χ4n) is 9.84. The number of hydrogen-bond donors (Lipinski definition) is 0. The van der Waals surface area contributed by atoms with Crippen LogP contribution >= 0.6 is 0 Å². The zero-order chi connectivity index (χ0) is 40.3. The Labute approximate surface area is 368 Å². The summed E-state index contributed by atoms with van der Waals surface area (Å²) >= 11 is 0. The number of hydrogen-bond acceptors (Lipinski definition) is 3. The first-order valence-electron chi connectivity index (χ1n) is 20.4. The van der Waals surface area contributed by atoms with E-state index in [9.17, 15) is 0 Å². The summed E-state index contributed by atoms with van der Waals surface area (Å²) in [5.41, 5.74) is 11.9. The molecule has 0 fully saturated rings. The zero-order valence-corrected chi connectivity index (χ0v) is 36.2. The van der Waals surface area contributed by atoms with Gasteiger partial charge in [0.25, 0.3) is 0 Å². The van der Waals surface area contributed by atoms with Crippen LogP contribution in [0.15, 0.2) is 158 Å². The van der Waals surface area contributed by atoms with Gasteiger partial charge in [-0.2, -0.15) is 12.1 Å². The molecule has 2 aliphatic heterocycles. The van der Waals surface area contributed by atoms with Crippen LogP contribution in [0.25, 0.3) is 55.5 Å². The van der Waals surface area contributed by atoms with Gasteiger partial charge >= 0.3 is 0 Å². The molecular formula is C54H38N4O2Pt-2. The fourth-order valence-corrected chi connectivity index (χ4v) is 9.84. The van der Waals surface area contributed by atoms with Gasteiger partial charge in [-0.3, -0.25) is 0 Å². The molecule has 0 saturated carbocycles. The first-order chi connectivity index (χ1) is 29.3. The smallest absolute Gasteiger partial charge is 0.242 e. The van der Waals surface area contributed by atoms with Crippen LogP contribution in [0.5, 0.6) is 23.0 Å². The third-order valence-corrected chi connectivity index (χ3v) is 12.4. The number of aryl methyl sites for hydroxylation is 1. The average molecular weight is 970 g/mol. The van der Waals surface area contributed by atoms with Gasteiger partial charge in [-0.05, 0) is 69.5 Å². The van der Waals surface area contributed by atoms with Crippen LogP contribution in [0.1, 0.15) is 48.6 Å². The number of aromatic nitrogens is 4. The normalized spacial score (nSPS) is 15.0. The van der Waals surface area contributed by atoms with Crippen molar-refractivity contribution >= 4 is 32.8 Å². The Bertz CT molecular complexity index is 3380. The molecule has 0 bridgehead atoms. The molecule has 7 heteroatoms. The Morgan fingerprint density at radius 3 is 2.30 bits per heavy atom. The van der Waals surface area contributed by atoms with Crippen LogP contribution in [0.3, 0.4) is 0 Å². The molecule has 6 nitrogen and oxygen atoms in total. The van der Waals surface area contributed by atoms with Crippen molar-refractivity contribution in [2.45, 2.75) is 31.6 Å². The van der Waals surface area contributed by atoms with Crippen molar-refractivity contribution in [3.8, 4) is 45.6 Å². The van der Waals surface area contributed by atoms with Gasteiger partial charge in [-0.1, -0.05) is 123 Å². The monoisotopic (exact) mass is 969 g/mol. The Morgan fingerprint density at radius 2 is 1.46 bits per heavy atom. The molecule has 10 aromatic rings. The summed E-state index contributed by atoms with van der Waals surface area (Å²) in [6.07, 6.45) is 5.48. The van der Waals surface area contributed by atoms with Crippen LogP contribution in [-0.2, 0) is 38.9 Å². The SMILES string of the molecule is C[n+]1[c-]n2c3c(cccc31)C1(c3ccc(Oc4[c-]c5c(cc4)c4ccccc4n5-c4ccccn4)[c-]c3-2)c2cc(-c3ccccc3)ccc2Oc2cccc(C(C)(C)C)c21.[Pt]. The summed E-state index contributed by atoms with van der Waals surface area (Å²) in [5.74, 6) is 3.66. The van der Waals surface area contributed by atoms with Crippen LogP contribution in [-0.4, -0.2) is 14.1 Å². The Hall–Kier alpha value is -6.75. The molecular weight excluding hydrogens is 932 g/mol. The fraction of sp³-hybridized carbons (Fsp3) is 0.111. The minimum Gasteiger partial charge on any atom is -0.510 e. The Morgan fingerprint density at radius 1 is 0.672 bits per heavy atom. The Balaban J connectivity index is 0.00000420. The van der Waals surface area contributed by atoms with Gasteiger partial charge in [0.05, 0.1) is 18.1 Å². The second kappa shape index (κ2) is 13.6. The number of imidazole rings is 1. The molecule has 1 unspecified atom stereocenters. The number of fused-ring (bicyclic) bond motifs is 11. The molecule has 0 radical (unpaired) electrons. The first-order valence-corrected chi connectivity index (χ1v) is 20.4. The van der Waals surface area contributed by atoms with Crippen molar-refractivity contribution in [3.05, 3.63) is 204 Å². The molecule has 0 N–H and O–H groups in total. The summed E-state index contributed by atoms with van der Waals surface area (Å²) in [6.45, 7) is 6.87. The number of benzene rings is 7. The maximum atomic E-state index is 6.97. The van der Waals surface area contributed by atoms with E-state index in [2.05, 4.69) is 187 Å². The van der Waals surface area contributed by atoms with Gasteiger partial charge in [0.1, 0.15) is 17.3 Å². The molecule has 12 rings (SSSR count). The second-order valence-electron chi connectivity index (χ2n) is 16.8. The molecule has 61 heavy (non-hydrogen) atoms. The summed E-state index contributed by atoms with van der Waals surface area (Å²) in [7, 11) is 2.06. The maximum Gasteiger partial charge on any atom is 0.242 e. The van der Waals surface area contributed by atoms with E-state index in [0.717, 1.165) is 83.7 Å². The number of ether oxygens (including phenoxy) is 2. The molecule has 1 spiro atoms. The predicted octanol–water partition coefficient (Wildman–Crippen LogP) is 11.9. The Kier molecular flexibility index (Phi) is 8.33. The topological polar surface area (TPSA) is 45.1 Å². The molecule has 7 aromatic carbocycles. The number of rotatable bonds is 4. The van der Waals surface area contributed by atoms with Gasteiger partial charge in [0.15, 0.2) is 0 Å². The third kappa shape index (κ3) is 5.38. The number of para-hydroxylation sites is 2. The van der Waals surface area contributed by atoms with Crippen LogP contribution in [0.4, 0.5) is 0 Å². The molecule has 3 aromatic heterocycles. The third-order valence-electron chi connectivity index (χ3n) is 12.4. The van der Waals surface area contributed by atoms with Crippen LogP contribution in [0, 0.1) is 18.5 Å². The van der Waals surface area contributed by atoms with Crippen molar-refractivity contribution in [2.75, 3.05) is 0 Å². The van der Waals surface area contributed by atoms with Crippen molar-refractivity contribution in [3.63, 3.8) is 0 Å².